The molecule has 1 amide bonds. The number of nitrogens with zero attached hydrogens (tertiary/aromatic N) is 1. The van der Waals surface area contributed by atoms with Gasteiger partial charge in [0.2, 0.25) is 0 Å². The number of ketones is 1. The number of rotatable bonds is 3. The maximum atomic E-state index is 13.6. The molecule has 1 aliphatic carbocycles. The van der Waals surface area contributed by atoms with Crippen LogP contribution in [0.5, 0.6) is 5.75 Å². The van der Waals surface area contributed by atoms with E-state index in [0.717, 1.165) is 12.0 Å². The van der Waals surface area contributed by atoms with Crippen LogP contribution in [0.3, 0.4) is 0 Å². The molecule has 0 bridgehead atoms. The molecule has 5 nitrogen and oxygen atoms in total. The SMILES string of the molecule is O=C1C2=C(OC3CCC(Cl)CC13)C(=O)N(Cc1ccccc1)C2c1cccc(O)c1. The first kappa shape index (κ1) is 19.2. The molecule has 2 aromatic rings. The van der Waals surface area contributed by atoms with Crippen molar-refractivity contribution in [2.75, 3.05) is 0 Å². The molecule has 0 spiro atoms. The monoisotopic (exact) mass is 423 g/mol. The van der Waals surface area contributed by atoms with Gasteiger partial charge in [-0.1, -0.05) is 42.5 Å². The van der Waals surface area contributed by atoms with Crippen molar-refractivity contribution in [1.82, 2.24) is 4.90 Å². The van der Waals surface area contributed by atoms with Gasteiger partial charge in [-0.15, -0.1) is 11.6 Å². The topological polar surface area (TPSA) is 66.8 Å². The number of halogens is 1. The van der Waals surface area contributed by atoms with Crippen LogP contribution in [0, 0.1) is 5.92 Å². The molecule has 4 unspecified atom stereocenters. The van der Waals surface area contributed by atoms with Gasteiger partial charge in [-0.2, -0.15) is 0 Å². The first-order valence-electron chi connectivity index (χ1n) is 10.3. The molecule has 0 radical (unpaired) electrons. The summed E-state index contributed by atoms with van der Waals surface area (Å²) in [7, 11) is 0. The van der Waals surface area contributed by atoms with E-state index in [1.807, 2.05) is 36.4 Å². The van der Waals surface area contributed by atoms with Crippen molar-refractivity contribution >= 4 is 23.3 Å². The number of Topliss-reactive ketones (excluding diaryl/α,β-unsaturated/α-hetero) is 1. The van der Waals surface area contributed by atoms with E-state index < -0.39 is 6.04 Å². The minimum atomic E-state index is -0.594. The predicted octanol–water partition coefficient (Wildman–Crippen LogP) is 4.11. The molecular formula is C24H22ClNO4. The van der Waals surface area contributed by atoms with Crippen LogP contribution >= 0.6 is 11.6 Å². The van der Waals surface area contributed by atoms with Crippen LogP contribution in [0.2, 0.25) is 0 Å². The summed E-state index contributed by atoms with van der Waals surface area (Å²) in [4.78, 5) is 28.6. The van der Waals surface area contributed by atoms with E-state index in [1.165, 1.54) is 0 Å². The summed E-state index contributed by atoms with van der Waals surface area (Å²) in [5.41, 5.74) is 2.05. The number of hydrogen-bond donors (Lipinski definition) is 1. The van der Waals surface area contributed by atoms with Crippen molar-refractivity contribution in [3.05, 3.63) is 77.1 Å². The molecule has 2 aliphatic heterocycles. The fraction of sp³-hybridized carbons (Fsp3) is 0.333. The van der Waals surface area contributed by atoms with Gasteiger partial charge >= 0.3 is 0 Å². The minimum Gasteiger partial charge on any atom is -0.508 e. The molecule has 6 heteroatoms. The third kappa shape index (κ3) is 3.18. The zero-order valence-corrected chi connectivity index (χ0v) is 17.1. The van der Waals surface area contributed by atoms with E-state index in [4.69, 9.17) is 16.3 Å². The van der Waals surface area contributed by atoms with Crippen molar-refractivity contribution in [2.45, 2.75) is 43.3 Å². The van der Waals surface area contributed by atoms with Gasteiger partial charge in [0.15, 0.2) is 11.5 Å². The van der Waals surface area contributed by atoms with Gasteiger partial charge < -0.3 is 14.7 Å². The number of carbonyl (C=O) groups excluding carboxylic acids is 2. The van der Waals surface area contributed by atoms with Gasteiger partial charge in [0.25, 0.3) is 5.91 Å². The van der Waals surface area contributed by atoms with Crippen LogP contribution in [0.1, 0.15) is 36.4 Å². The standard InChI is InChI=1S/C24H22ClNO4/c25-16-9-10-19-18(12-16)22(28)20-21(15-7-4-8-17(27)11-15)26(24(29)23(20)30-19)13-14-5-2-1-3-6-14/h1-8,11,16,18-19,21,27H,9-10,12-13H2. The normalized spacial score (nSPS) is 28.2. The Morgan fingerprint density at radius 3 is 2.63 bits per heavy atom. The van der Waals surface area contributed by atoms with Gasteiger partial charge in [-0.05, 0) is 42.5 Å². The fourth-order valence-electron chi connectivity index (χ4n) is 4.85. The van der Waals surface area contributed by atoms with Gasteiger partial charge in [0.1, 0.15) is 11.9 Å². The minimum absolute atomic E-state index is 0.0520. The van der Waals surface area contributed by atoms with Gasteiger partial charge in [0.05, 0.1) is 17.5 Å². The molecule has 4 atom stereocenters. The zero-order chi connectivity index (χ0) is 20.8. The second-order valence-electron chi connectivity index (χ2n) is 8.20. The van der Waals surface area contributed by atoms with Crippen LogP contribution in [-0.4, -0.2) is 33.2 Å². The number of aromatic hydroxyl groups is 1. The van der Waals surface area contributed by atoms with E-state index in [-0.39, 0.29) is 40.6 Å². The Labute approximate surface area is 179 Å². The second kappa shape index (κ2) is 7.47. The number of amides is 1. The number of hydrogen-bond acceptors (Lipinski definition) is 4. The summed E-state index contributed by atoms with van der Waals surface area (Å²) < 4.78 is 6.14. The Morgan fingerprint density at radius 1 is 1.07 bits per heavy atom. The molecule has 1 N–H and O–H groups in total. The number of benzene rings is 2. The van der Waals surface area contributed by atoms with Crippen molar-refractivity contribution in [3.63, 3.8) is 0 Å². The van der Waals surface area contributed by atoms with Crippen LogP contribution < -0.4 is 0 Å². The molecule has 154 valence electrons. The van der Waals surface area contributed by atoms with Gasteiger partial charge in [-0.25, -0.2) is 0 Å². The fourth-order valence-corrected chi connectivity index (χ4v) is 5.17. The molecule has 0 saturated heterocycles. The summed E-state index contributed by atoms with van der Waals surface area (Å²) >= 11 is 6.35. The summed E-state index contributed by atoms with van der Waals surface area (Å²) in [6.07, 6.45) is 1.71. The average Bonchev–Trinajstić information content (AvgIpc) is 3.02. The smallest absolute Gasteiger partial charge is 0.290 e. The van der Waals surface area contributed by atoms with Gasteiger partial charge in [-0.3, -0.25) is 9.59 Å². The number of fused-ring (bicyclic) bond motifs is 1. The lowest BCUT2D eigenvalue weighted by molar-refractivity contribution is -0.135. The highest BCUT2D eigenvalue weighted by Crippen LogP contribution is 2.48. The highest BCUT2D eigenvalue weighted by atomic mass is 35.5. The summed E-state index contributed by atoms with van der Waals surface area (Å²) in [5, 5.41) is 9.99. The molecule has 30 heavy (non-hydrogen) atoms. The Kier molecular flexibility index (Phi) is 4.78. The lowest BCUT2D eigenvalue weighted by Crippen LogP contribution is -2.41. The quantitative estimate of drug-likeness (QED) is 0.754. The first-order chi connectivity index (χ1) is 14.5. The lowest BCUT2D eigenvalue weighted by Gasteiger charge is -2.37. The molecule has 5 rings (SSSR count). The van der Waals surface area contributed by atoms with Crippen LogP contribution in [-0.2, 0) is 20.9 Å². The number of carbonyl (C=O) groups is 2. The molecule has 2 aromatic carbocycles. The number of ether oxygens (including phenoxy) is 1. The predicted molar refractivity (Wildman–Crippen MR) is 112 cm³/mol. The first-order valence-corrected chi connectivity index (χ1v) is 10.7. The van der Waals surface area contributed by atoms with Crippen LogP contribution in [0.15, 0.2) is 65.9 Å². The molecule has 0 aromatic heterocycles. The van der Waals surface area contributed by atoms with Crippen molar-refractivity contribution in [2.24, 2.45) is 5.92 Å². The van der Waals surface area contributed by atoms with Gasteiger partial charge in [0, 0.05) is 11.9 Å². The maximum Gasteiger partial charge on any atom is 0.290 e. The van der Waals surface area contributed by atoms with E-state index in [0.29, 0.717) is 30.5 Å². The summed E-state index contributed by atoms with van der Waals surface area (Å²) in [5.74, 6) is -0.400. The lowest BCUT2D eigenvalue weighted by atomic mass is 9.77. The van der Waals surface area contributed by atoms with Crippen molar-refractivity contribution in [3.8, 4) is 5.75 Å². The van der Waals surface area contributed by atoms with E-state index in [2.05, 4.69) is 0 Å². The molecule has 1 fully saturated rings. The molecular weight excluding hydrogens is 402 g/mol. The Morgan fingerprint density at radius 2 is 1.87 bits per heavy atom. The van der Waals surface area contributed by atoms with E-state index in [9.17, 15) is 14.7 Å². The van der Waals surface area contributed by atoms with Crippen molar-refractivity contribution in [1.29, 1.82) is 0 Å². The Bertz CT molecular complexity index is 1030. The average molecular weight is 424 g/mol. The second-order valence-corrected chi connectivity index (χ2v) is 8.81. The molecule has 3 aliphatic rings. The largest absolute Gasteiger partial charge is 0.508 e. The highest BCUT2D eigenvalue weighted by molar-refractivity contribution is 6.21. The zero-order valence-electron chi connectivity index (χ0n) is 16.3. The van der Waals surface area contributed by atoms with E-state index in [1.54, 1.807) is 23.1 Å². The van der Waals surface area contributed by atoms with Crippen molar-refractivity contribution < 1.29 is 19.4 Å². The number of alkyl halides is 1. The van der Waals surface area contributed by atoms with Crippen LogP contribution in [0.4, 0.5) is 0 Å². The third-order valence-electron chi connectivity index (χ3n) is 6.26. The molecule has 1 saturated carbocycles. The maximum absolute atomic E-state index is 13.6. The number of phenols is 1. The Balaban J connectivity index is 1.59. The highest BCUT2D eigenvalue weighted by Gasteiger charge is 2.52. The summed E-state index contributed by atoms with van der Waals surface area (Å²) in [6, 6.07) is 15.8. The van der Waals surface area contributed by atoms with E-state index >= 15 is 0 Å². The Hall–Kier alpha value is -2.79. The number of phenolic OH excluding ortho intramolecular Hbond substituents is 1. The third-order valence-corrected chi connectivity index (χ3v) is 6.66. The molecule has 2 heterocycles. The van der Waals surface area contributed by atoms with Crippen LogP contribution in [0.25, 0.3) is 0 Å². The summed E-state index contributed by atoms with van der Waals surface area (Å²) in [6.45, 7) is 0.344.